The van der Waals surface area contributed by atoms with Gasteiger partial charge in [0.2, 0.25) is 0 Å². The molecule has 1 amide bonds. The maximum absolute atomic E-state index is 11.9. The number of aryl methyl sites for hydroxylation is 2. The van der Waals surface area contributed by atoms with Crippen molar-refractivity contribution in [1.29, 1.82) is 0 Å². The van der Waals surface area contributed by atoms with Gasteiger partial charge in [0.1, 0.15) is 0 Å². The zero-order valence-electron chi connectivity index (χ0n) is 9.95. The van der Waals surface area contributed by atoms with Gasteiger partial charge in [0.15, 0.2) is 0 Å². The van der Waals surface area contributed by atoms with Crippen LogP contribution in [-0.2, 0) is 6.54 Å². The molecule has 0 saturated heterocycles. The first-order valence-corrected chi connectivity index (χ1v) is 5.52. The summed E-state index contributed by atoms with van der Waals surface area (Å²) in [7, 11) is 0. The van der Waals surface area contributed by atoms with Gasteiger partial charge >= 0.3 is 0 Å². The number of carbonyl (C=O) groups excluding carboxylic acids is 1. The summed E-state index contributed by atoms with van der Waals surface area (Å²) in [4.78, 5) is 11.9. The summed E-state index contributed by atoms with van der Waals surface area (Å²) in [6.07, 6.45) is 0. The van der Waals surface area contributed by atoms with E-state index in [0.717, 1.165) is 17.0 Å². The molecule has 0 bridgehead atoms. The lowest BCUT2D eigenvalue weighted by Gasteiger charge is -2.05. The fraction of sp³-hybridized carbons (Fsp3) is 0.231. The number of nitrogens with one attached hydrogen (secondary N) is 2. The molecule has 0 spiro atoms. The van der Waals surface area contributed by atoms with E-state index in [4.69, 9.17) is 0 Å². The smallest absolute Gasteiger partial charge is 0.255 e. The molecule has 4 nitrogen and oxygen atoms in total. The van der Waals surface area contributed by atoms with Gasteiger partial charge in [-0.25, -0.2) is 0 Å². The van der Waals surface area contributed by atoms with Crippen LogP contribution in [0.4, 0.5) is 0 Å². The topological polar surface area (TPSA) is 57.8 Å². The summed E-state index contributed by atoms with van der Waals surface area (Å²) in [5.74, 6) is -0.0856. The highest BCUT2D eigenvalue weighted by atomic mass is 16.1. The summed E-state index contributed by atoms with van der Waals surface area (Å²) in [6, 6.07) is 9.83. The Morgan fingerprint density at radius 3 is 2.59 bits per heavy atom. The maximum atomic E-state index is 11.9. The first-order chi connectivity index (χ1) is 8.18. The second kappa shape index (κ2) is 4.82. The Morgan fingerprint density at radius 1 is 1.29 bits per heavy atom. The number of nitrogens with zero attached hydrogens (tertiary/aromatic N) is 1. The van der Waals surface area contributed by atoms with Crippen molar-refractivity contribution in [2.75, 3.05) is 0 Å². The molecule has 88 valence electrons. The summed E-state index contributed by atoms with van der Waals surface area (Å²) in [6.45, 7) is 4.20. The third-order valence-electron chi connectivity index (χ3n) is 2.65. The van der Waals surface area contributed by atoms with Crippen LogP contribution in [0.5, 0.6) is 0 Å². The Labute approximate surface area is 100 Å². The van der Waals surface area contributed by atoms with Crippen LogP contribution in [0.2, 0.25) is 0 Å². The fourth-order valence-electron chi connectivity index (χ4n) is 1.75. The first-order valence-electron chi connectivity index (χ1n) is 5.52. The average molecular weight is 229 g/mol. The van der Waals surface area contributed by atoms with Crippen molar-refractivity contribution < 1.29 is 4.79 Å². The number of hydrogen-bond donors (Lipinski definition) is 2. The minimum absolute atomic E-state index is 0.0856. The quantitative estimate of drug-likeness (QED) is 0.845. The number of hydrogen-bond acceptors (Lipinski definition) is 2. The van der Waals surface area contributed by atoms with Crippen molar-refractivity contribution in [3.8, 4) is 0 Å². The van der Waals surface area contributed by atoms with E-state index in [2.05, 4.69) is 15.5 Å². The number of aromatic amines is 1. The van der Waals surface area contributed by atoms with Crippen LogP contribution in [0.25, 0.3) is 0 Å². The maximum Gasteiger partial charge on any atom is 0.255 e. The molecule has 1 aromatic heterocycles. The molecule has 2 aromatic rings. The molecule has 0 saturated carbocycles. The predicted molar refractivity (Wildman–Crippen MR) is 65.7 cm³/mol. The van der Waals surface area contributed by atoms with Crippen LogP contribution in [0.1, 0.15) is 27.3 Å². The first kappa shape index (κ1) is 11.4. The van der Waals surface area contributed by atoms with E-state index in [-0.39, 0.29) is 5.91 Å². The molecule has 0 radical (unpaired) electrons. The molecule has 2 rings (SSSR count). The van der Waals surface area contributed by atoms with Crippen molar-refractivity contribution in [3.05, 3.63) is 52.8 Å². The number of benzene rings is 1. The highest BCUT2D eigenvalue weighted by molar-refractivity contribution is 5.96. The van der Waals surface area contributed by atoms with E-state index >= 15 is 0 Å². The van der Waals surface area contributed by atoms with E-state index in [1.54, 1.807) is 0 Å². The van der Waals surface area contributed by atoms with Crippen molar-refractivity contribution >= 4 is 5.91 Å². The predicted octanol–water partition coefficient (Wildman–Crippen LogP) is 1.96. The zero-order chi connectivity index (χ0) is 12.3. The van der Waals surface area contributed by atoms with Gasteiger partial charge in [-0.2, -0.15) is 5.10 Å². The van der Waals surface area contributed by atoms with Crippen molar-refractivity contribution in [1.82, 2.24) is 15.5 Å². The molecule has 1 heterocycles. The standard InChI is InChI=1S/C13H15N3O/c1-9-12(10(2)16-15-9)13(17)14-8-11-6-4-3-5-7-11/h3-7H,8H2,1-2H3,(H,14,17)(H,15,16). The van der Waals surface area contributed by atoms with Gasteiger partial charge < -0.3 is 5.32 Å². The summed E-state index contributed by atoms with van der Waals surface area (Å²) in [5.41, 5.74) is 3.25. The Morgan fingerprint density at radius 2 is 2.00 bits per heavy atom. The van der Waals surface area contributed by atoms with Gasteiger partial charge in [-0.05, 0) is 19.4 Å². The molecule has 4 heteroatoms. The van der Waals surface area contributed by atoms with E-state index in [9.17, 15) is 4.79 Å². The summed E-state index contributed by atoms with van der Waals surface area (Å²) >= 11 is 0. The number of carbonyl (C=O) groups is 1. The molecular formula is C13H15N3O. The molecule has 0 aliphatic carbocycles. The van der Waals surface area contributed by atoms with Crippen molar-refractivity contribution in [3.63, 3.8) is 0 Å². The number of rotatable bonds is 3. The molecule has 0 unspecified atom stereocenters. The Bertz CT molecular complexity index is 497. The Hall–Kier alpha value is -2.10. The monoisotopic (exact) mass is 229 g/mol. The zero-order valence-corrected chi connectivity index (χ0v) is 9.95. The number of aromatic nitrogens is 2. The molecule has 1 aromatic carbocycles. The molecule has 0 fully saturated rings. The molecule has 0 aliphatic heterocycles. The van der Waals surface area contributed by atoms with E-state index in [1.165, 1.54) is 0 Å². The number of H-pyrrole nitrogens is 1. The summed E-state index contributed by atoms with van der Waals surface area (Å²) in [5, 5.41) is 9.70. The van der Waals surface area contributed by atoms with Gasteiger partial charge in [-0.1, -0.05) is 30.3 Å². The molecule has 2 N–H and O–H groups in total. The normalized spacial score (nSPS) is 10.2. The molecular weight excluding hydrogens is 214 g/mol. The summed E-state index contributed by atoms with van der Waals surface area (Å²) < 4.78 is 0. The lowest BCUT2D eigenvalue weighted by atomic mass is 10.1. The van der Waals surface area contributed by atoms with Crippen molar-refractivity contribution in [2.45, 2.75) is 20.4 Å². The van der Waals surface area contributed by atoms with Gasteiger partial charge in [0, 0.05) is 12.2 Å². The highest BCUT2D eigenvalue weighted by Gasteiger charge is 2.14. The minimum Gasteiger partial charge on any atom is -0.348 e. The molecule has 0 atom stereocenters. The lowest BCUT2D eigenvalue weighted by molar-refractivity contribution is 0.0950. The largest absolute Gasteiger partial charge is 0.348 e. The lowest BCUT2D eigenvalue weighted by Crippen LogP contribution is -2.23. The van der Waals surface area contributed by atoms with E-state index < -0.39 is 0 Å². The fourth-order valence-corrected chi connectivity index (χ4v) is 1.75. The highest BCUT2D eigenvalue weighted by Crippen LogP contribution is 2.09. The number of amides is 1. The SMILES string of the molecule is Cc1n[nH]c(C)c1C(=O)NCc1ccccc1. The third-order valence-corrected chi connectivity index (χ3v) is 2.65. The van der Waals surface area contributed by atoms with Crippen LogP contribution >= 0.6 is 0 Å². The van der Waals surface area contributed by atoms with Crippen LogP contribution in [0, 0.1) is 13.8 Å². The average Bonchev–Trinajstić information content (AvgIpc) is 2.67. The van der Waals surface area contributed by atoms with Gasteiger partial charge in [0.05, 0.1) is 11.3 Å². The molecule has 0 aliphatic rings. The second-order valence-corrected chi connectivity index (χ2v) is 3.98. The minimum atomic E-state index is -0.0856. The van der Waals surface area contributed by atoms with Crippen LogP contribution in [0.3, 0.4) is 0 Å². The molecule has 17 heavy (non-hydrogen) atoms. The van der Waals surface area contributed by atoms with Crippen LogP contribution in [-0.4, -0.2) is 16.1 Å². The Balaban J connectivity index is 2.04. The second-order valence-electron chi connectivity index (χ2n) is 3.98. The van der Waals surface area contributed by atoms with Gasteiger partial charge in [-0.3, -0.25) is 9.89 Å². The Kier molecular flexibility index (Phi) is 3.23. The van der Waals surface area contributed by atoms with E-state index in [1.807, 2.05) is 44.2 Å². The van der Waals surface area contributed by atoms with E-state index in [0.29, 0.717) is 12.1 Å². The van der Waals surface area contributed by atoms with Gasteiger partial charge in [-0.15, -0.1) is 0 Å². The van der Waals surface area contributed by atoms with Gasteiger partial charge in [0.25, 0.3) is 5.91 Å². The van der Waals surface area contributed by atoms with Crippen LogP contribution in [0.15, 0.2) is 30.3 Å². The third kappa shape index (κ3) is 2.53. The van der Waals surface area contributed by atoms with Crippen LogP contribution < -0.4 is 5.32 Å². The van der Waals surface area contributed by atoms with Crippen molar-refractivity contribution in [2.24, 2.45) is 0 Å².